The molecule has 2 aromatic carbocycles. The van der Waals surface area contributed by atoms with E-state index in [4.69, 9.17) is 9.47 Å². The number of benzene rings is 2. The molecule has 0 aliphatic carbocycles. The van der Waals surface area contributed by atoms with Crippen molar-refractivity contribution < 1.29 is 23.9 Å². The third kappa shape index (κ3) is 7.65. The molecule has 1 N–H and O–H groups in total. The van der Waals surface area contributed by atoms with Crippen LogP contribution in [0.2, 0.25) is 0 Å². The van der Waals surface area contributed by atoms with Crippen LogP contribution >= 0.6 is 0 Å². The Labute approximate surface area is 182 Å². The summed E-state index contributed by atoms with van der Waals surface area (Å²) in [4.78, 5) is 37.5. The highest BCUT2D eigenvalue weighted by Gasteiger charge is 2.29. The summed E-state index contributed by atoms with van der Waals surface area (Å²) in [5, 5.41) is 4.76. The van der Waals surface area contributed by atoms with Crippen molar-refractivity contribution in [2.75, 3.05) is 14.1 Å². The largest absolute Gasteiger partial charge is 0.458 e. The zero-order chi connectivity index (χ0) is 22.8. The van der Waals surface area contributed by atoms with E-state index in [2.05, 4.69) is 5.32 Å². The third-order valence-electron chi connectivity index (χ3n) is 4.41. The van der Waals surface area contributed by atoms with Gasteiger partial charge in [0.25, 0.3) is 0 Å². The van der Waals surface area contributed by atoms with E-state index < -0.39 is 24.2 Å². The van der Waals surface area contributed by atoms with Crippen LogP contribution in [0.25, 0.3) is 0 Å². The molecule has 0 spiro atoms. The summed E-state index contributed by atoms with van der Waals surface area (Å²) in [6, 6.07) is 17.8. The molecule has 1 unspecified atom stereocenters. The molecule has 0 radical (unpaired) electrons. The van der Waals surface area contributed by atoms with Crippen LogP contribution in [0, 0.1) is 0 Å². The second-order valence-corrected chi connectivity index (χ2v) is 7.31. The lowest BCUT2D eigenvalue weighted by Gasteiger charge is -2.29. The van der Waals surface area contributed by atoms with Gasteiger partial charge in [-0.2, -0.15) is 0 Å². The van der Waals surface area contributed by atoms with Gasteiger partial charge in [-0.15, -0.1) is 0 Å². The molecule has 0 heterocycles. The highest BCUT2D eigenvalue weighted by atomic mass is 16.6. The maximum atomic E-state index is 12.7. The van der Waals surface area contributed by atoms with E-state index in [1.165, 1.54) is 14.1 Å². The van der Waals surface area contributed by atoms with Gasteiger partial charge in [-0.1, -0.05) is 60.7 Å². The third-order valence-corrected chi connectivity index (χ3v) is 4.41. The number of hydrogen-bond acceptors (Lipinski definition) is 5. The number of ether oxygens (including phenoxy) is 2. The maximum absolute atomic E-state index is 12.7. The number of hydrazine groups is 1. The zero-order valence-corrected chi connectivity index (χ0v) is 18.3. The summed E-state index contributed by atoms with van der Waals surface area (Å²) >= 11 is 0. The minimum Gasteiger partial charge on any atom is -0.458 e. The van der Waals surface area contributed by atoms with Crippen LogP contribution in [0.15, 0.2) is 60.7 Å². The number of hydrogen-bond donors (Lipinski definition) is 1. The quantitative estimate of drug-likeness (QED) is 0.541. The lowest BCUT2D eigenvalue weighted by Crippen LogP contribution is -2.51. The van der Waals surface area contributed by atoms with E-state index in [-0.39, 0.29) is 19.1 Å². The van der Waals surface area contributed by atoms with Crippen LogP contribution in [-0.2, 0) is 27.3 Å². The van der Waals surface area contributed by atoms with Crippen molar-refractivity contribution >= 4 is 18.1 Å². The van der Waals surface area contributed by atoms with Gasteiger partial charge < -0.3 is 14.8 Å². The van der Waals surface area contributed by atoms with Crippen molar-refractivity contribution in [3.8, 4) is 0 Å². The molecule has 2 rings (SSSR count). The predicted octanol–water partition coefficient (Wildman–Crippen LogP) is 3.37. The lowest BCUT2D eigenvalue weighted by atomic mass is 10.1. The first-order valence-electron chi connectivity index (χ1n) is 10.0. The molecule has 0 aliphatic rings. The summed E-state index contributed by atoms with van der Waals surface area (Å²) in [6.07, 6.45) is -1.86. The van der Waals surface area contributed by atoms with E-state index in [1.54, 1.807) is 0 Å². The van der Waals surface area contributed by atoms with Gasteiger partial charge in [0, 0.05) is 26.6 Å². The molecule has 2 aromatic rings. The molecule has 0 aromatic heterocycles. The molecule has 0 fully saturated rings. The SMILES string of the molecule is CC(C)NC(=O)N(C)N(C)C(=O)OC(Cc1ccccc1)C(=O)OCc1ccccc1. The fourth-order valence-corrected chi connectivity index (χ4v) is 2.62. The van der Waals surface area contributed by atoms with Crippen molar-refractivity contribution in [2.24, 2.45) is 0 Å². The van der Waals surface area contributed by atoms with E-state index in [1.807, 2.05) is 74.5 Å². The molecule has 8 nitrogen and oxygen atoms in total. The summed E-state index contributed by atoms with van der Waals surface area (Å²) in [5.74, 6) is -0.663. The first-order valence-corrected chi connectivity index (χ1v) is 10.0. The van der Waals surface area contributed by atoms with Crippen molar-refractivity contribution in [3.63, 3.8) is 0 Å². The molecule has 8 heteroatoms. The van der Waals surface area contributed by atoms with Gasteiger partial charge in [-0.05, 0) is 25.0 Å². The molecule has 31 heavy (non-hydrogen) atoms. The minimum absolute atomic E-state index is 0.0645. The van der Waals surface area contributed by atoms with Crippen molar-refractivity contribution in [3.05, 3.63) is 71.8 Å². The monoisotopic (exact) mass is 427 g/mol. The Morgan fingerprint density at radius 3 is 1.97 bits per heavy atom. The second kappa shape index (κ2) is 11.6. The number of rotatable bonds is 7. The molecule has 0 saturated carbocycles. The molecule has 0 aliphatic heterocycles. The number of carbonyl (C=O) groups excluding carboxylic acids is 3. The Morgan fingerprint density at radius 1 is 0.871 bits per heavy atom. The Bertz CT molecular complexity index is 858. The first kappa shape index (κ1) is 23.7. The van der Waals surface area contributed by atoms with Crippen molar-refractivity contribution in [1.82, 2.24) is 15.3 Å². The van der Waals surface area contributed by atoms with Crippen LogP contribution in [-0.4, -0.2) is 54.4 Å². The van der Waals surface area contributed by atoms with Crippen LogP contribution in [0.1, 0.15) is 25.0 Å². The predicted molar refractivity (Wildman–Crippen MR) is 116 cm³/mol. The molecule has 1 atom stereocenters. The van der Waals surface area contributed by atoms with E-state index >= 15 is 0 Å². The van der Waals surface area contributed by atoms with Gasteiger partial charge in [0.15, 0.2) is 0 Å². The van der Waals surface area contributed by atoms with Crippen LogP contribution in [0.4, 0.5) is 9.59 Å². The topological polar surface area (TPSA) is 88.2 Å². The molecular weight excluding hydrogens is 398 g/mol. The molecule has 3 amide bonds. The van der Waals surface area contributed by atoms with E-state index in [0.29, 0.717) is 0 Å². The van der Waals surface area contributed by atoms with Crippen LogP contribution < -0.4 is 5.32 Å². The minimum atomic E-state index is -1.16. The fourth-order valence-electron chi connectivity index (χ4n) is 2.62. The smallest absolute Gasteiger partial charge is 0.429 e. The standard InChI is InChI=1S/C23H29N3O5/c1-17(2)24-22(28)25(3)26(4)23(29)31-20(15-18-11-7-5-8-12-18)21(27)30-16-19-13-9-6-10-14-19/h5-14,17,20H,15-16H2,1-4H3,(H,24,28). The van der Waals surface area contributed by atoms with Gasteiger partial charge >= 0.3 is 18.1 Å². The van der Waals surface area contributed by atoms with Crippen molar-refractivity contribution in [1.29, 1.82) is 0 Å². The Balaban J connectivity index is 2.07. The molecule has 0 saturated heterocycles. The summed E-state index contributed by atoms with van der Waals surface area (Å²) < 4.78 is 10.8. The lowest BCUT2D eigenvalue weighted by molar-refractivity contribution is -0.156. The Hall–Kier alpha value is -3.55. The van der Waals surface area contributed by atoms with Gasteiger partial charge in [-0.25, -0.2) is 24.4 Å². The van der Waals surface area contributed by atoms with Gasteiger partial charge in [0.1, 0.15) is 6.61 Å². The summed E-state index contributed by atoms with van der Waals surface area (Å²) in [5.41, 5.74) is 1.63. The summed E-state index contributed by atoms with van der Waals surface area (Å²) in [6.45, 7) is 3.68. The maximum Gasteiger partial charge on any atom is 0.429 e. The molecular formula is C23H29N3O5. The number of esters is 1. The van der Waals surface area contributed by atoms with E-state index in [0.717, 1.165) is 21.1 Å². The van der Waals surface area contributed by atoms with Crippen LogP contribution in [0.5, 0.6) is 0 Å². The number of nitrogens with zero attached hydrogens (tertiary/aromatic N) is 2. The Morgan fingerprint density at radius 2 is 1.42 bits per heavy atom. The average Bonchev–Trinajstić information content (AvgIpc) is 2.76. The number of carbonyl (C=O) groups is 3. The number of urea groups is 1. The van der Waals surface area contributed by atoms with Gasteiger partial charge in [-0.3, -0.25) is 0 Å². The molecule has 0 bridgehead atoms. The Kier molecular flexibility index (Phi) is 8.87. The van der Waals surface area contributed by atoms with Gasteiger partial charge in [0.05, 0.1) is 0 Å². The van der Waals surface area contributed by atoms with Gasteiger partial charge in [0.2, 0.25) is 6.10 Å². The average molecular weight is 428 g/mol. The van der Waals surface area contributed by atoms with Crippen LogP contribution in [0.3, 0.4) is 0 Å². The first-order chi connectivity index (χ1) is 14.8. The highest BCUT2D eigenvalue weighted by molar-refractivity contribution is 5.81. The number of amides is 3. The zero-order valence-electron chi connectivity index (χ0n) is 18.3. The molecule has 166 valence electrons. The normalized spacial score (nSPS) is 11.4. The number of nitrogens with one attached hydrogen (secondary N) is 1. The van der Waals surface area contributed by atoms with E-state index in [9.17, 15) is 14.4 Å². The fraction of sp³-hybridized carbons (Fsp3) is 0.348. The second-order valence-electron chi connectivity index (χ2n) is 7.31. The highest BCUT2D eigenvalue weighted by Crippen LogP contribution is 2.12. The van der Waals surface area contributed by atoms with Crippen molar-refractivity contribution in [2.45, 2.75) is 39.0 Å². The summed E-state index contributed by atoms with van der Waals surface area (Å²) in [7, 11) is 2.82.